The van der Waals surface area contributed by atoms with Gasteiger partial charge in [-0.15, -0.1) is 0 Å². The molecule has 6 heteroatoms. The molecule has 0 saturated heterocycles. The van der Waals surface area contributed by atoms with E-state index in [0.717, 1.165) is 0 Å². The van der Waals surface area contributed by atoms with Gasteiger partial charge in [0.1, 0.15) is 5.75 Å². The third-order valence-corrected chi connectivity index (χ3v) is 3.06. The standard InChI is InChI=1S/C14H20N2O4/c1-4-16(9(2)7-13(17)18)14(19)11-6-5-10(15)8-12(11)20-3/h5-6,8-9H,4,7,15H2,1-3H3,(H,17,18). The highest BCUT2D eigenvalue weighted by Crippen LogP contribution is 2.24. The Morgan fingerprint density at radius 3 is 2.60 bits per heavy atom. The first-order valence-corrected chi connectivity index (χ1v) is 6.37. The van der Waals surface area contributed by atoms with Crippen molar-refractivity contribution >= 4 is 17.6 Å². The van der Waals surface area contributed by atoms with Gasteiger partial charge in [-0.05, 0) is 26.0 Å². The summed E-state index contributed by atoms with van der Waals surface area (Å²) < 4.78 is 5.16. The molecule has 110 valence electrons. The first kappa shape index (κ1) is 15.8. The fourth-order valence-electron chi connectivity index (χ4n) is 2.06. The highest BCUT2D eigenvalue weighted by molar-refractivity contribution is 5.97. The van der Waals surface area contributed by atoms with Crippen molar-refractivity contribution in [2.75, 3.05) is 19.4 Å². The van der Waals surface area contributed by atoms with Crippen LogP contribution in [-0.4, -0.2) is 41.6 Å². The summed E-state index contributed by atoms with van der Waals surface area (Å²) >= 11 is 0. The molecule has 20 heavy (non-hydrogen) atoms. The second-order valence-electron chi connectivity index (χ2n) is 4.50. The number of benzene rings is 1. The Morgan fingerprint density at radius 2 is 2.10 bits per heavy atom. The van der Waals surface area contributed by atoms with Gasteiger partial charge in [-0.25, -0.2) is 0 Å². The van der Waals surface area contributed by atoms with Crippen molar-refractivity contribution in [3.05, 3.63) is 23.8 Å². The number of carbonyl (C=O) groups excluding carboxylic acids is 1. The van der Waals surface area contributed by atoms with E-state index in [9.17, 15) is 9.59 Å². The van der Waals surface area contributed by atoms with Gasteiger partial charge in [-0.3, -0.25) is 9.59 Å². The molecule has 1 aromatic rings. The molecule has 0 saturated carbocycles. The number of hydrogen-bond acceptors (Lipinski definition) is 4. The first-order valence-electron chi connectivity index (χ1n) is 6.37. The predicted octanol–water partition coefficient (Wildman–Crippen LogP) is 1.60. The van der Waals surface area contributed by atoms with Crippen LogP contribution in [0.15, 0.2) is 18.2 Å². The van der Waals surface area contributed by atoms with E-state index in [0.29, 0.717) is 23.5 Å². The van der Waals surface area contributed by atoms with Crippen LogP contribution in [-0.2, 0) is 4.79 Å². The smallest absolute Gasteiger partial charge is 0.305 e. The molecule has 1 rings (SSSR count). The van der Waals surface area contributed by atoms with Gasteiger partial charge < -0.3 is 20.5 Å². The molecule has 1 unspecified atom stereocenters. The number of amides is 1. The monoisotopic (exact) mass is 280 g/mol. The third kappa shape index (κ3) is 3.63. The quantitative estimate of drug-likeness (QED) is 0.772. The average Bonchev–Trinajstić information content (AvgIpc) is 2.38. The Morgan fingerprint density at radius 1 is 1.45 bits per heavy atom. The van der Waals surface area contributed by atoms with Crippen molar-refractivity contribution < 1.29 is 19.4 Å². The lowest BCUT2D eigenvalue weighted by Gasteiger charge is -2.27. The van der Waals surface area contributed by atoms with Crippen LogP contribution in [0.2, 0.25) is 0 Å². The number of rotatable bonds is 6. The number of carboxylic acids is 1. The van der Waals surface area contributed by atoms with Gasteiger partial charge in [-0.1, -0.05) is 0 Å². The van der Waals surface area contributed by atoms with Crippen molar-refractivity contribution in [3.63, 3.8) is 0 Å². The van der Waals surface area contributed by atoms with Crippen LogP contribution in [0.4, 0.5) is 5.69 Å². The second-order valence-corrected chi connectivity index (χ2v) is 4.50. The maximum Gasteiger partial charge on any atom is 0.305 e. The number of ether oxygens (including phenoxy) is 1. The molecule has 0 spiro atoms. The van der Waals surface area contributed by atoms with Gasteiger partial charge in [0, 0.05) is 24.3 Å². The molecule has 6 nitrogen and oxygen atoms in total. The Bertz CT molecular complexity index is 502. The van der Waals surface area contributed by atoms with Gasteiger partial charge in [0.15, 0.2) is 0 Å². The molecular weight excluding hydrogens is 260 g/mol. The lowest BCUT2D eigenvalue weighted by Crippen LogP contribution is -2.39. The van der Waals surface area contributed by atoms with Crippen LogP contribution in [0.5, 0.6) is 5.75 Å². The molecule has 3 N–H and O–H groups in total. The van der Waals surface area contributed by atoms with Crippen molar-refractivity contribution in [3.8, 4) is 5.75 Å². The molecule has 0 fully saturated rings. The summed E-state index contributed by atoms with van der Waals surface area (Å²) in [6.45, 7) is 3.93. The molecule has 0 aliphatic carbocycles. The number of nitrogens with two attached hydrogens (primary N) is 1. The predicted molar refractivity (Wildman–Crippen MR) is 75.8 cm³/mol. The lowest BCUT2D eigenvalue weighted by molar-refractivity contribution is -0.138. The first-order chi connectivity index (χ1) is 9.40. The molecule has 1 amide bonds. The Kier molecular flexibility index (Phi) is 5.37. The van der Waals surface area contributed by atoms with E-state index in [4.69, 9.17) is 15.6 Å². The number of carboxylic acid groups (broad SMARTS) is 1. The van der Waals surface area contributed by atoms with E-state index >= 15 is 0 Å². The molecule has 0 heterocycles. The van der Waals surface area contributed by atoms with Gasteiger partial charge in [0.2, 0.25) is 0 Å². The van der Waals surface area contributed by atoms with E-state index in [1.165, 1.54) is 12.0 Å². The number of nitrogens with zero attached hydrogens (tertiary/aromatic N) is 1. The minimum atomic E-state index is -0.937. The average molecular weight is 280 g/mol. The number of hydrogen-bond donors (Lipinski definition) is 2. The Balaban J connectivity index is 3.05. The van der Waals surface area contributed by atoms with Crippen LogP contribution >= 0.6 is 0 Å². The minimum Gasteiger partial charge on any atom is -0.496 e. The van der Waals surface area contributed by atoms with Crippen molar-refractivity contribution in [1.29, 1.82) is 0 Å². The van der Waals surface area contributed by atoms with Gasteiger partial charge in [-0.2, -0.15) is 0 Å². The van der Waals surface area contributed by atoms with Gasteiger partial charge in [0.05, 0.1) is 19.1 Å². The summed E-state index contributed by atoms with van der Waals surface area (Å²) in [6, 6.07) is 4.38. The van der Waals surface area contributed by atoms with Crippen LogP contribution in [0.1, 0.15) is 30.6 Å². The number of nitrogen functional groups attached to an aromatic ring is 1. The second kappa shape index (κ2) is 6.79. The van der Waals surface area contributed by atoms with Gasteiger partial charge >= 0.3 is 5.97 Å². The summed E-state index contributed by atoms with van der Waals surface area (Å²) in [6.07, 6.45) is -0.100. The lowest BCUT2D eigenvalue weighted by atomic mass is 10.1. The molecule has 0 aromatic heterocycles. The molecule has 0 bridgehead atoms. The molecular formula is C14H20N2O4. The zero-order chi connectivity index (χ0) is 15.3. The number of methoxy groups -OCH3 is 1. The van der Waals surface area contributed by atoms with E-state index < -0.39 is 12.0 Å². The van der Waals surface area contributed by atoms with Crippen molar-refractivity contribution in [2.24, 2.45) is 0 Å². The zero-order valence-electron chi connectivity index (χ0n) is 11.9. The fourth-order valence-corrected chi connectivity index (χ4v) is 2.06. The van der Waals surface area contributed by atoms with Crippen LogP contribution in [0.3, 0.4) is 0 Å². The van der Waals surface area contributed by atoms with E-state index in [1.54, 1.807) is 32.0 Å². The fraction of sp³-hybridized carbons (Fsp3) is 0.429. The van der Waals surface area contributed by atoms with Crippen LogP contribution in [0, 0.1) is 0 Å². The highest BCUT2D eigenvalue weighted by Gasteiger charge is 2.24. The maximum absolute atomic E-state index is 12.5. The van der Waals surface area contributed by atoms with E-state index in [-0.39, 0.29) is 12.3 Å². The minimum absolute atomic E-state index is 0.100. The SMILES string of the molecule is CCN(C(=O)c1ccc(N)cc1OC)C(C)CC(=O)O. The molecule has 1 aromatic carbocycles. The largest absolute Gasteiger partial charge is 0.496 e. The third-order valence-electron chi connectivity index (χ3n) is 3.06. The highest BCUT2D eigenvalue weighted by atomic mass is 16.5. The number of carbonyl (C=O) groups is 2. The van der Waals surface area contributed by atoms with E-state index in [2.05, 4.69) is 0 Å². The Hall–Kier alpha value is -2.24. The summed E-state index contributed by atoms with van der Waals surface area (Å²) in [4.78, 5) is 24.8. The van der Waals surface area contributed by atoms with E-state index in [1.807, 2.05) is 0 Å². The molecule has 0 aliphatic rings. The normalized spacial score (nSPS) is 11.8. The summed E-state index contributed by atoms with van der Waals surface area (Å²) in [5.41, 5.74) is 6.53. The van der Waals surface area contributed by atoms with Crippen LogP contribution in [0.25, 0.3) is 0 Å². The van der Waals surface area contributed by atoms with Crippen LogP contribution < -0.4 is 10.5 Å². The zero-order valence-corrected chi connectivity index (χ0v) is 11.9. The van der Waals surface area contributed by atoms with Crippen molar-refractivity contribution in [2.45, 2.75) is 26.3 Å². The summed E-state index contributed by atoms with van der Waals surface area (Å²) in [5.74, 6) is -0.818. The summed E-state index contributed by atoms with van der Waals surface area (Å²) in [7, 11) is 1.46. The van der Waals surface area contributed by atoms with Crippen molar-refractivity contribution in [1.82, 2.24) is 4.90 Å². The van der Waals surface area contributed by atoms with Gasteiger partial charge in [0.25, 0.3) is 5.91 Å². The Labute approximate surface area is 118 Å². The summed E-state index contributed by atoms with van der Waals surface area (Å²) in [5, 5.41) is 8.84. The topological polar surface area (TPSA) is 92.9 Å². The number of aliphatic carboxylic acids is 1. The molecule has 0 aliphatic heterocycles. The molecule has 0 radical (unpaired) electrons. The maximum atomic E-state index is 12.5. The number of anilines is 1. The molecule has 1 atom stereocenters.